The van der Waals surface area contributed by atoms with Gasteiger partial charge in [-0.2, -0.15) is 0 Å². The third-order valence-corrected chi connectivity index (χ3v) is 3.40. The molecule has 0 heterocycles. The van der Waals surface area contributed by atoms with Gasteiger partial charge in [0.15, 0.2) is 11.5 Å². The van der Waals surface area contributed by atoms with E-state index in [-0.39, 0.29) is 0 Å². The first-order valence-corrected chi connectivity index (χ1v) is 7.25. The number of ether oxygens (including phenoxy) is 2. The Hall–Kier alpha value is -2.16. The zero-order valence-corrected chi connectivity index (χ0v) is 13.2. The van der Waals surface area contributed by atoms with Crippen molar-refractivity contribution in [3.05, 3.63) is 53.1 Å². The number of hydrogen-bond donors (Lipinski definition) is 1. The van der Waals surface area contributed by atoms with Crippen LogP contribution >= 0.6 is 0 Å². The van der Waals surface area contributed by atoms with E-state index in [4.69, 9.17) is 9.47 Å². The molecule has 3 heteroatoms. The fourth-order valence-electron chi connectivity index (χ4n) is 2.22. The molecule has 0 unspecified atom stereocenters. The van der Waals surface area contributed by atoms with E-state index in [0.29, 0.717) is 6.61 Å². The number of benzene rings is 2. The van der Waals surface area contributed by atoms with Gasteiger partial charge >= 0.3 is 0 Å². The Morgan fingerprint density at radius 1 is 1.00 bits per heavy atom. The number of hydrogen-bond acceptors (Lipinski definition) is 3. The number of anilines is 1. The molecule has 3 nitrogen and oxygen atoms in total. The van der Waals surface area contributed by atoms with Gasteiger partial charge in [-0.3, -0.25) is 0 Å². The van der Waals surface area contributed by atoms with Crippen LogP contribution in [0.15, 0.2) is 36.4 Å². The van der Waals surface area contributed by atoms with Gasteiger partial charge in [-0.25, -0.2) is 0 Å². The standard InChI is InChI=1S/C18H23NO2/c1-5-21-18-11-15(8-9-17(18)20-4)12-19-16-10-13(2)6-7-14(16)3/h6-11,19H,5,12H2,1-4H3. The molecule has 0 saturated heterocycles. The third-order valence-electron chi connectivity index (χ3n) is 3.40. The third kappa shape index (κ3) is 3.91. The summed E-state index contributed by atoms with van der Waals surface area (Å²) >= 11 is 0. The van der Waals surface area contributed by atoms with Gasteiger partial charge in [0, 0.05) is 12.2 Å². The van der Waals surface area contributed by atoms with Crippen LogP contribution in [0.3, 0.4) is 0 Å². The van der Waals surface area contributed by atoms with Crippen molar-refractivity contribution in [1.29, 1.82) is 0 Å². The van der Waals surface area contributed by atoms with E-state index in [1.807, 2.05) is 19.1 Å². The lowest BCUT2D eigenvalue weighted by molar-refractivity contribution is 0.310. The van der Waals surface area contributed by atoms with Crippen LogP contribution < -0.4 is 14.8 Å². The van der Waals surface area contributed by atoms with Crippen molar-refractivity contribution >= 4 is 5.69 Å². The molecule has 0 fully saturated rings. The monoisotopic (exact) mass is 285 g/mol. The molecule has 2 aromatic rings. The molecule has 2 rings (SSSR count). The Labute approximate surface area is 126 Å². The fourth-order valence-corrected chi connectivity index (χ4v) is 2.22. The summed E-state index contributed by atoms with van der Waals surface area (Å²) in [5.74, 6) is 1.56. The van der Waals surface area contributed by atoms with E-state index in [2.05, 4.69) is 43.4 Å². The van der Waals surface area contributed by atoms with Crippen molar-refractivity contribution in [3.8, 4) is 11.5 Å². The van der Waals surface area contributed by atoms with Crippen LogP contribution in [0.5, 0.6) is 11.5 Å². The van der Waals surface area contributed by atoms with Gasteiger partial charge in [0.05, 0.1) is 13.7 Å². The van der Waals surface area contributed by atoms with Gasteiger partial charge in [-0.1, -0.05) is 18.2 Å². The molecule has 1 N–H and O–H groups in total. The van der Waals surface area contributed by atoms with Crippen molar-refractivity contribution < 1.29 is 9.47 Å². The normalized spacial score (nSPS) is 10.3. The summed E-state index contributed by atoms with van der Waals surface area (Å²) in [5.41, 5.74) is 4.84. The second kappa shape index (κ2) is 7.02. The molecule has 0 amide bonds. The van der Waals surface area contributed by atoms with Crippen LogP contribution in [-0.4, -0.2) is 13.7 Å². The van der Waals surface area contributed by atoms with Crippen LogP contribution in [0.4, 0.5) is 5.69 Å². The summed E-state index contributed by atoms with van der Waals surface area (Å²) in [5, 5.41) is 3.48. The molecule has 0 spiro atoms. The summed E-state index contributed by atoms with van der Waals surface area (Å²) in [6.45, 7) is 7.58. The highest BCUT2D eigenvalue weighted by Gasteiger charge is 2.06. The molecule has 0 aromatic heterocycles. The Bertz CT molecular complexity index is 608. The maximum Gasteiger partial charge on any atom is 0.161 e. The van der Waals surface area contributed by atoms with Gasteiger partial charge in [-0.05, 0) is 55.7 Å². The SMILES string of the molecule is CCOc1cc(CNc2cc(C)ccc2C)ccc1OC. The van der Waals surface area contributed by atoms with E-state index in [9.17, 15) is 0 Å². The summed E-state index contributed by atoms with van der Waals surface area (Å²) in [6, 6.07) is 12.5. The van der Waals surface area contributed by atoms with Crippen molar-refractivity contribution in [1.82, 2.24) is 0 Å². The largest absolute Gasteiger partial charge is 0.493 e. The summed E-state index contributed by atoms with van der Waals surface area (Å²) in [4.78, 5) is 0. The van der Waals surface area contributed by atoms with E-state index in [1.54, 1.807) is 7.11 Å². The van der Waals surface area contributed by atoms with Crippen LogP contribution in [0.25, 0.3) is 0 Å². The molecule has 21 heavy (non-hydrogen) atoms. The number of rotatable bonds is 6. The van der Waals surface area contributed by atoms with Gasteiger partial charge in [-0.15, -0.1) is 0 Å². The van der Waals surface area contributed by atoms with Crippen molar-refractivity contribution in [2.75, 3.05) is 19.0 Å². The van der Waals surface area contributed by atoms with Gasteiger partial charge in [0.25, 0.3) is 0 Å². The van der Waals surface area contributed by atoms with E-state index in [0.717, 1.165) is 18.0 Å². The van der Waals surface area contributed by atoms with Crippen LogP contribution in [-0.2, 0) is 6.54 Å². The summed E-state index contributed by atoms with van der Waals surface area (Å²) in [7, 11) is 1.66. The van der Waals surface area contributed by atoms with Crippen LogP contribution in [0, 0.1) is 13.8 Å². The van der Waals surface area contributed by atoms with Gasteiger partial charge in [0.1, 0.15) is 0 Å². The first kappa shape index (κ1) is 15.2. The lowest BCUT2D eigenvalue weighted by Gasteiger charge is -2.13. The average Bonchev–Trinajstić information content (AvgIpc) is 2.49. The highest BCUT2D eigenvalue weighted by atomic mass is 16.5. The molecule has 0 saturated carbocycles. The molecule has 0 aliphatic carbocycles. The predicted molar refractivity (Wildman–Crippen MR) is 87.4 cm³/mol. The maximum absolute atomic E-state index is 5.61. The molecular weight excluding hydrogens is 262 g/mol. The zero-order valence-electron chi connectivity index (χ0n) is 13.2. The van der Waals surface area contributed by atoms with Gasteiger partial charge < -0.3 is 14.8 Å². The highest BCUT2D eigenvalue weighted by molar-refractivity contribution is 5.53. The minimum Gasteiger partial charge on any atom is -0.493 e. The van der Waals surface area contributed by atoms with Crippen molar-refractivity contribution in [2.24, 2.45) is 0 Å². The minimum absolute atomic E-state index is 0.629. The van der Waals surface area contributed by atoms with E-state index in [1.165, 1.54) is 22.4 Å². The van der Waals surface area contributed by atoms with Crippen LogP contribution in [0.1, 0.15) is 23.6 Å². The number of methoxy groups -OCH3 is 1. The smallest absolute Gasteiger partial charge is 0.161 e. The second-order valence-corrected chi connectivity index (χ2v) is 5.09. The lowest BCUT2D eigenvalue weighted by Crippen LogP contribution is -2.03. The second-order valence-electron chi connectivity index (χ2n) is 5.09. The maximum atomic E-state index is 5.61. The molecule has 0 radical (unpaired) electrons. The average molecular weight is 285 g/mol. The molecule has 0 atom stereocenters. The van der Waals surface area contributed by atoms with Crippen molar-refractivity contribution in [2.45, 2.75) is 27.3 Å². The summed E-state index contributed by atoms with van der Waals surface area (Å²) in [6.07, 6.45) is 0. The fraction of sp³-hybridized carbons (Fsp3) is 0.333. The number of nitrogens with one attached hydrogen (secondary N) is 1. The summed E-state index contributed by atoms with van der Waals surface area (Å²) < 4.78 is 10.9. The molecule has 112 valence electrons. The molecule has 2 aromatic carbocycles. The Balaban J connectivity index is 2.12. The van der Waals surface area contributed by atoms with Gasteiger partial charge in [0.2, 0.25) is 0 Å². The van der Waals surface area contributed by atoms with E-state index < -0.39 is 0 Å². The quantitative estimate of drug-likeness (QED) is 0.857. The molecule has 0 bridgehead atoms. The lowest BCUT2D eigenvalue weighted by atomic mass is 10.1. The minimum atomic E-state index is 0.629. The first-order chi connectivity index (χ1) is 10.1. The van der Waals surface area contributed by atoms with E-state index >= 15 is 0 Å². The molecular formula is C18H23NO2. The topological polar surface area (TPSA) is 30.5 Å². The Morgan fingerprint density at radius 2 is 1.81 bits per heavy atom. The zero-order chi connectivity index (χ0) is 15.2. The molecule has 0 aliphatic heterocycles. The Morgan fingerprint density at radius 3 is 2.52 bits per heavy atom. The highest BCUT2D eigenvalue weighted by Crippen LogP contribution is 2.28. The molecule has 0 aliphatic rings. The number of aryl methyl sites for hydroxylation is 2. The first-order valence-electron chi connectivity index (χ1n) is 7.25. The van der Waals surface area contributed by atoms with Crippen molar-refractivity contribution in [3.63, 3.8) is 0 Å². The Kier molecular flexibility index (Phi) is 5.09. The predicted octanol–water partition coefficient (Wildman–Crippen LogP) is 4.32. The van der Waals surface area contributed by atoms with Crippen LogP contribution in [0.2, 0.25) is 0 Å².